The van der Waals surface area contributed by atoms with Gasteiger partial charge in [-0.2, -0.15) is 0 Å². The van der Waals surface area contributed by atoms with Crippen molar-refractivity contribution < 1.29 is 4.74 Å². The van der Waals surface area contributed by atoms with Gasteiger partial charge in [0.1, 0.15) is 10.8 Å². The Labute approximate surface area is 59.0 Å². The highest BCUT2D eigenvalue weighted by atomic mass is 32.2. The highest BCUT2D eigenvalue weighted by molar-refractivity contribution is 8.14. The van der Waals surface area contributed by atoms with Gasteiger partial charge < -0.3 is 4.74 Å². The maximum absolute atomic E-state index is 5.02. The molecule has 1 aliphatic rings. The Morgan fingerprint density at radius 3 is 3.00 bits per heavy atom. The molecule has 0 amide bonds. The molecule has 0 aromatic heterocycles. The number of thioether (sulfide) groups is 1. The molecule has 2 nitrogen and oxygen atoms in total. The van der Waals surface area contributed by atoms with Gasteiger partial charge in [-0.3, -0.25) is 4.99 Å². The molecule has 50 valence electrons. The van der Waals surface area contributed by atoms with Crippen molar-refractivity contribution in [2.45, 2.75) is 0 Å². The molecule has 1 rings (SSSR count). The summed E-state index contributed by atoms with van der Waals surface area (Å²) in [6.45, 7) is 0. The van der Waals surface area contributed by atoms with Gasteiger partial charge in [0.2, 0.25) is 0 Å². The monoisotopic (exact) mass is 143 g/mol. The Bertz CT molecular complexity index is 162. The molecular formula is C6H9NOS. The van der Waals surface area contributed by atoms with Gasteiger partial charge in [-0.15, -0.1) is 0 Å². The number of hydrogen-bond donors (Lipinski definition) is 0. The summed E-state index contributed by atoms with van der Waals surface area (Å²) in [4.78, 5) is 4.03. The zero-order valence-electron chi connectivity index (χ0n) is 5.55. The normalized spacial score (nSPS) is 22.4. The van der Waals surface area contributed by atoms with Crippen LogP contribution in [-0.2, 0) is 4.74 Å². The van der Waals surface area contributed by atoms with Crippen LogP contribution in [0.1, 0.15) is 0 Å². The molecule has 0 radical (unpaired) electrons. The van der Waals surface area contributed by atoms with Crippen molar-refractivity contribution in [2.75, 3.05) is 19.9 Å². The highest BCUT2D eigenvalue weighted by Gasteiger charge is 2.12. The molecule has 0 spiro atoms. The highest BCUT2D eigenvalue weighted by Crippen LogP contribution is 2.20. The molecule has 0 aromatic rings. The van der Waals surface area contributed by atoms with Crippen LogP contribution < -0.4 is 0 Å². The largest absolute Gasteiger partial charge is 0.494 e. The number of nitrogens with zero attached hydrogens (tertiary/aromatic N) is 1. The molecule has 0 bridgehead atoms. The van der Waals surface area contributed by atoms with Gasteiger partial charge in [-0.05, 0) is 6.08 Å². The van der Waals surface area contributed by atoms with E-state index in [2.05, 4.69) is 4.99 Å². The minimum atomic E-state index is 0.919. The summed E-state index contributed by atoms with van der Waals surface area (Å²) in [6.07, 6.45) is 2.03. The predicted octanol–water partition coefficient (Wildman–Crippen LogP) is 1.29. The zero-order valence-corrected chi connectivity index (χ0v) is 6.36. The first-order valence-corrected chi connectivity index (χ1v) is 3.71. The second kappa shape index (κ2) is 2.92. The topological polar surface area (TPSA) is 21.6 Å². The molecule has 0 aromatic carbocycles. The van der Waals surface area contributed by atoms with Crippen LogP contribution in [0.3, 0.4) is 0 Å². The summed E-state index contributed by atoms with van der Waals surface area (Å²) >= 11 is 1.71. The van der Waals surface area contributed by atoms with Gasteiger partial charge in [0.15, 0.2) is 0 Å². The van der Waals surface area contributed by atoms with Gasteiger partial charge in [0.05, 0.1) is 7.11 Å². The van der Waals surface area contributed by atoms with Crippen LogP contribution in [-0.4, -0.2) is 25.0 Å². The van der Waals surface area contributed by atoms with E-state index in [0.29, 0.717) is 0 Å². The van der Waals surface area contributed by atoms with E-state index in [9.17, 15) is 0 Å². The molecule has 0 saturated carbocycles. The summed E-state index contributed by atoms with van der Waals surface area (Å²) < 4.78 is 5.02. The second-order valence-corrected chi connectivity index (χ2v) is 2.62. The van der Waals surface area contributed by atoms with Crippen molar-refractivity contribution in [1.82, 2.24) is 0 Å². The molecule has 0 unspecified atom stereocenters. The maximum Gasteiger partial charge on any atom is 0.147 e. The Balaban J connectivity index is 2.69. The summed E-state index contributed by atoms with van der Waals surface area (Å²) in [5.41, 5.74) is 0. The number of hydrogen-bond acceptors (Lipinski definition) is 3. The van der Waals surface area contributed by atoms with E-state index < -0.39 is 0 Å². The number of methoxy groups -OCH3 is 1. The molecule has 9 heavy (non-hydrogen) atoms. The van der Waals surface area contributed by atoms with Crippen LogP contribution in [0.5, 0.6) is 0 Å². The van der Waals surface area contributed by atoms with Gasteiger partial charge >= 0.3 is 0 Å². The van der Waals surface area contributed by atoms with E-state index in [0.717, 1.165) is 16.6 Å². The average Bonchev–Trinajstić information content (AvgIpc) is 2.33. The van der Waals surface area contributed by atoms with E-state index in [1.807, 2.05) is 6.08 Å². The smallest absolute Gasteiger partial charge is 0.147 e. The molecular weight excluding hydrogens is 134 g/mol. The van der Waals surface area contributed by atoms with Crippen molar-refractivity contribution in [3.05, 3.63) is 11.8 Å². The van der Waals surface area contributed by atoms with E-state index in [-0.39, 0.29) is 0 Å². The van der Waals surface area contributed by atoms with E-state index in [4.69, 9.17) is 4.74 Å². The maximum atomic E-state index is 5.02. The van der Waals surface area contributed by atoms with Crippen LogP contribution in [0.15, 0.2) is 16.8 Å². The molecule has 3 heteroatoms. The van der Waals surface area contributed by atoms with Gasteiger partial charge in [-0.25, -0.2) is 0 Å². The van der Waals surface area contributed by atoms with Crippen molar-refractivity contribution in [3.63, 3.8) is 0 Å². The molecule has 1 aliphatic heterocycles. The SMILES string of the molecule is CN=C1SCC=C1OC. The third-order valence-corrected chi connectivity index (χ3v) is 2.11. The molecule has 0 N–H and O–H groups in total. The lowest BCUT2D eigenvalue weighted by Gasteiger charge is -1.98. The second-order valence-electron chi connectivity index (χ2n) is 1.61. The molecule has 0 saturated heterocycles. The van der Waals surface area contributed by atoms with Crippen LogP contribution in [0.4, 0.5) is 0 Å². The lowest BCUT2D eigenvalue weighted by Crippen LogP contribution is -1.93. The minimum Gasteiger partial charge on any atom is -0.494 e. The zero-order chi connectivity index (χ0) is 6.69. The lowest BCUT2D eigenvalue weighted by molar-refractivity contribution is 0.316. The van der Waals surface area contributed by atoms with Crippen molar-refractivity contribution in [1.29, 1.82) is 0 Å². The summed E-state index contributed by atoms with van der Waals surface area (Å²) in [7, 11) is 3.45. The quantitative estimate of drug-likeness (QED) is 0.551. The van der Waals surface area contributed by atoms with Crippen molar-refractivity contribution >= 4 is 16.8 Å². The number of rotatable bonds is 1. The Morgan fingerprint density at radius 2 is 2.56 bits per heavy atom. The number of ether oxygens (including phenoxy) is 1. The van der Waals surface area contributed by atoms with Crippen LogP contribution >= 0.6 is 11.8 Å². The fourth-order valence-corrected chi connectivity index (χ4v) is 1.53. The van der Waals surface area contributed by atoms with Gasteiger partial charge in [-0.1, -0.05) is 11.8 Å². The van der Waals surface area contributed by atoms with Crippen LogP contribution in [0, 0.1) is 0 Å². The molecule has 0 fully saturated rings. The van der Waals surface area contributed by atoms with Crippen LogP contribution in [0.25, 0.3) is 0 Å². The molecule has 0 atom stereocenters. The average molecular weight is 143 g/mol. The van der Waals surface area contributed by atoms with E-state index >= 15 is 0 Å². The molecule has 1 heterocycles. The van der Waals surface area contributed by atoms with E-state index in [1.54, 1.807) is 25.9 Å². The Hall–Kier alpha value is -0.440. The minimum absolute atomic E-state index is 0.919. The van der Waals surface area contributed by atoms with Gasteiger partial charge in [0, 0.05) is 12.8 Å². The summed E-state index contributed by atoms with van der Waals surface area (Å²) in [6, 6.07) is 0. The van der Waals surface area contributed by atoms with Crippen molar-refractivity contribution in [2.24, 2.45) is 4.99 Å². The Morgan fingerprint density at radius 1 is 1.78 bits per heavy atom. The summed E-state index contributed by atoms with van der Waals surface area (Å²) in [5.74, 6) is 1.91. The van der Waals surface area contributed by atoms with Crippen molar-refractivity contribution in [3.8, 4) is 0 Å². The first-order chi connectivity index (χ1) is 4.38. The molecule has 0 aliphatic carbocycles. The number of aliphatic imine (C=N–C) groups is 1. The predicted molar refractivity (Wildman–Crippen MR) is 40.9 cm³/mol. The fourth-order valence-electron chi connectivity index (χ4n) is 0.700. The van der Waals surface area contributed by atoms with Crippen LogP contribution in [0.2, 0.25) is 0 Å². The van der Waals surface area contributed by atoms with Gasteiger partial charge in [0.25, 0.3) is 0 Å². The third kappa shape index (κ3) is 1.27. The first kappa shape index (κ1) is 6.68. The summed E-state index contributed by atoms with van der Waals surface area (Å²) in [5, 5.41) is 1.01. The lowest BCUT2D eigenvalue weighted by atomic mass is 10.5. The Kier molecular flexibility index (Phi) is 2.16. The third-order valence-electron chi connectivity index (χ3n) is 1.12. The first-order valence-electron chi connectivity index (χ1n) is 2.72. The standard InChI is InChI=1S/C6H9NOS/c1-7-6-5(8-2)3-4-9-6/h3H,4H2,1-2H3. The fraction of sp³-hybridized carbons (Fsp3) is 0.500. The van der Waals surface area contributed by atoms with E-state index in [1.165, 1.54) is 0 Å².